The van der Waals surface area contributed by atoms with Gasteiger partial charge in [-0.05, 0) is 32.4 Å². The highest BCUT2D eigenvalue weighted by molar-refractivity contribution is 5.96. The molecule has 0 saturated heterocycles. The van der Waals surface area contributed by atoms with Crippen molar-refractivity contribution in [3.8, 4) is 0 Å². The molecule has 23 heavy (non-hydrogen) atoms. The van der Waals surface area contributed by atoms with Gasteiger partial charge in [0.15, 0.2) is 0 Å². The van der Waals surface area contributed by atoms with Crippen LogP contribution in [0.4, 0.5) is 4.79 Å². The zero-order valence-corrected chi connectivity index (χ0v) is 13.6. The van der Waals surface area contributed by atoms with Gasteiger partial charge in [0, 0.05) is 29.7 Å². The van der Waals surface area contributed by atoms with Gasteiger partial charge in [-0.1, -0.05) is 18.2 Å². The smallest absolute Gasteiger partial charge is 0.329 e. The lowest BCUT2D eigenvalue weighted by Crippen LogP contribution is -2.43. The maximum absolute atomic E-state index is 13.1. The molecule has 1 amide bonds. The molecule has 1 aliphatic heterocycles. The quantitative estimate of drug-likeness (QED) is 0.787. The van der Waals surface area contributed by atoms with E-state index >= 15 is 0 Å². The number of nitrogens with one attached hydrogen (secondary N) is 1. The van der Waals surface area contributed by atoms with E-state index in [-0.39, 0.29) is 12.1 Å². The molecule has 5 nitrogen and oxygen atoms in total. The lowest BCUT2D eigenvalue weighted by Gasteiger charge is -2.33. The number of hydrogen-bond acceptors (Lipinski definition) is 2. The fraction of sp³-hybridized carbons (Fsp3) is 0.333. The number of carbonyl (C=O) groups is 1. The summed E-state index contributed by atoms with van der Waals surface area (Å²) in [5.41, 5.74) is 5.32. The van der Waals surface area contributed by atoms with E-state index in [0.29, 0.717) is 0 Å². The number of aromatic amines is 1. The summed E-state index contributed by atoms with van der Waals surface area (Å²) in [6.07, 6.45) is 2.57. The minimum absolute atomic E-state index is 0.0385. The van der Waals surface area contributed by atoms with Gasteiger partial charge in [-0.3, -0.25) is 4.57 Å². The summed E-state index contributed by atoms with van der Waals surface area (Å²) in [6, 6.07) is 8.14. The lowest BCUT2D eigenvalue weighted by atomic mass is 10.1. The van der Waals surface area contributed by atoms with Crippen molar-refractivity contribution in [3.63, 3.8) is 0 Å². The van der Waals surface area contributed by atoms with Crippen LogP contribution in [0.1, 0.15) is 35.6 Å². The Morgan fingerprint density at radius 1 is 1.26 bits per heavy atom. The van der Waals surface area contributed by atoms with Gasteiger partial charge >= 0.3 is 6.03 Å². The number of benzene rings is 1. The second kappa shape index (κ2) is 4.98. The van der Waals surface area contributed by atoms with Crippen LogP contribution in [0.3, 0.4) is 0 Å². The number of rotatable bonds is 2. The number of carbonyl (C=O) groups excluding carboxylic acids is 1. The monoisotopic (exact) mass is 308 g/mol. The molecule has 1 aliphatic rings. The van der Waals surface area contributed by atoms with E-state index in [2.05, 4.69) is 23.0 Å². The second-order valence-electron chi connectivity index (χ2n) is 6.24. The summed E-state index contributed by atoms with van der Waals surface area (Å²) >= 11 is 0. The topological polar surface area (TPSA) is 53.9 Å². The lowest BCUT2D eigenvalue weighted by molar-refractivity contribution is 0.173. The van der Waals surface area contributed by atoms with E-state index in [1.165, 1.54) is 10.9 Å². The number of aromatic nitrogens is 3. The first-order valence-electron chi connectivity index (χ1n) is 7.99. The molecule has 1 unspecified atom stereocenters. The van der Waals surface area contributed by atoms with Crippen molar-refractivity contribution in [1.29, 1.82) is 0 Å². The molecule has 0 fully saturated rings. The maximum Gasteiger partial charge on any atom is 0.329 e. The van der Waals surface area contributed by atoms with Gasteiger partial charge in [-0.15, -0.1) is 0 Å². The minimum atomic E-state index is -0.0385. The summed E-state index contributed by atoms with van der Waals surface area (Å²) < 4.78 is 1.88. The summed E-state index contributed by atoms with van der Waals surface area (Å²) in [7, 11) is 0. The molecule has 2 aromatic heterocycles. The molecule has 0 spiro atoms. The number of hydrogen-bond donors (Lipinski definition) is 1. The molecule has 4 rings (SSSR count). The minimum Gasteiger partial charge on any atom is -0.348 e. The normalized spacial score (nSPS) is 16.0. The van der Waals surface area contributed by atoms with E-state index < -0.39 is 0 Å². The van der Waals surface area contributed by atoms with Crippen LogP contribution in [0.5, 0.6) is 0 Å². The Kier molecular flexibility index (Phi) is 3.04. The third kappa shape index (κ3) is 1.92. The van der Waals surface area contributed by atoms with Gasteiger partial charge < -0.3 is 9.88 Å². The largest absolute Gasteiger partial charge is 0.348 e. The predicted octanol–water partition coefficient (Wildman–Crippen LogP) is 3.57. The van der Waals surface area contributed by atoms with Crippen LogP contribution in [0.25, 0.3) is 10.9 Å². The predicted molar refractivity (Wildman–Crippen MR) is 89.6 cm³/mol. The fourth-order valence-electron chi connectivity index (χ4n) is 3.72. The summed E-state index contributed by atoms with van der Waals surface area (Å²) in [6.45, 7) is 6.88. The van der Waals surface area contributed by atoms with E-state index in [1.807, 2.05) is 41.5 Å². The molecule has 3 aromatic rings. The Bertz CT molecular complexity index is 905. The number of nitrogens with zero attached hydrogens (tertiary/aromatic N) is 3. The van der Waals surface area contributed by atoms with Gasteiger partial charge in [-0.25, -0.2) is 9.78 Å². The van der Waals surface area contributed by atoms with Gasteiger partial charge in [0.2, 0.25) is 0 Å². The summed E-state index contributed by atoms with van der Waals surface area (Å²) in [4.78, 5) is 22.6. The third-order valence-corrected chi connectivity index (χ3v) is 5.01. The molecule has 1 N–H and O–H groups in total. The second-order valence-corrected chi connectivity index (χ2v) is 6.24. The number of imidazole rings is 1. The molecule has 1 aromatic carbocycles. The number of aryl methyl sites for hydroxylation is 2. The zero-order chi connectivity index (χ0) is 16.1. The third-order valence-electron chi connectivity index (χ3n) is 5.01. The standard InChI is InChI=1S/C18H20N4O/c1-11-14-6-4-5-7-16(14)22-15(11)8-9-21(18(22)23)13(3)17-12(2)19-10-20-17/h4-7,10,13H,8-9H2,1-3H3,(H,19,20). The van der Waals surface area contributed by atoms with Crippen molar-refractivity contribution in [2.24, 2.45) is 0 Å². The van der Waals surface area contributed by atoms with Crippen LogP contribution in [0.2, 0.25) is 0 Å². The van der Waals surface area contributed by atoms with Crippen molar-refractivity contribution in [3.05, 3.63) is 53.2 Å². The van der Waals surface area contributed by atoms with E-state index in [0.717, 1.165) is 35.6 Å². The van der Waals surface area contributed by atoms with Crippen LogP contribution in [-0.4, -0.2) is 32.0 Å². The van der Waals surface area contributed by atoms with E-state index in [1.54, 1.807) is 6.33 Å². The first kappa shape index (κ1) is 14.1. The van der Waals surface area contributed by atoms with Crippen molar-refractivity contribution < 1.29 is 4.79 Å². The summed E-state index contributed by atoms with van der Waals surface area (Å²) in [5, 5.41) is 1.17. The molecule has 3 heterocycles. The van der Waals surface area contributed by atoms with Crippen LogP contribution in [0.15, 0.2) is 30.6 Å². The van der Waals surface area contributed by atoms with Crippen LogP contribution >= 0.6 is 0 Å². The Balaban J connectivity index is 1.81. The average Bonchev–Trinajstić information content (AvgIpc) is 3.10. The zero-order valence-electron chi connectivity index (χ0n) is 13.6. The Hall–Kier alpha value is -2.56. The van der Waals surface area contributed by atoms with E-state index in [9.17, 15) is 4.79 Å². The van der Waals surface area contributed by atoms with Crippen LogP contribution in [-0.2, 0) is 6.42 Å². The number of para-hydroxylation sites is 1. The summed E-state index contributed by atoms with van der Waals surface area (Å²) in [5.74, 6) is 0. The van der Waals surface area contributed by atoms with Crippen molar-refractivity contribution in [2.75, 3.05) is 6.54 Å². The van der Waals surface area contributed by atoms with Crippen molar-refractivity contribution >= 4 is 16.9 Å². The molecule has 0 saturated carbocycles. The Morgan fingerprint density at radius 2 is 2.04 bits per heavy atom. The van der Waals surface area contributed by atoms with Gasteiger partial charge in [0.05, 0.1) is 23.6 Å². The Labute approximate surface area is 134 Å². The molecule has 0 aliphatic carbocycles. The highest BCUT2D eigenvalue weighted by Gasteiger charge is 2.32. The van der Waals surface area contributed by atoms with Gasteiger partial charge in [0.25, 0.3) is 0 Å². The van der Waals surface area contributed by atoms with Crippen molar-refractivity contribution in [2.45, 2.75) is 33.2 Å². The maximum atomic E-state index is 13.1. The highest BCUT2D eigenvalue weighted by Crippen LogP contribution is 2.32. The fourth-order valence-corrected chi connectivity index (χ4v) is 3.72. The number of amides is 1. The number of fused-ring (bicyclic) bond motifs is 3. The molecule has 1 atom stereocenters. The molecule has 0 bridgehead atoms. The Morgan fingerprint density at radius 3 is 2.78 bits per heavy atom. The van der Waals surface area contributed by atoms with Crippen molar-refractivity contribution in [1.82, 2.24) is 19.4 Å². The van der Waals surface area contributed by atoms with E-state index in [4.69, 9.17) is 0 Å². The molecule has 0 radical (unpaired) electrons. The van der Waals surface area contributed by atoms with Gasteiger partial charge in [-0.2, -0.15) is 0 Å². The molecule has 118 valence electrons. The van der Waals surface area contributed by atoms with Crippen LogP contribution in [0, 0.1) is 13.8 Å². The first-order chi connectivity index (χ1) is 11.1. The molecule has 5 heteroatoms. The first-order valence-corrected chi connectivity index (χ1v) is 7.99. The average molecular weight is 308 g/mol. The SMILES string of the molecule is Cc1[nH]cnc1C(C)N1CCc2c(C)c3ccccc3n2C1=O. The molecular weight excluding hydrogens is 288 g/mol. The van der Waals surface area contributed by atoms with Gasteiger partial charge in [0.1, 0.15) is 0 Å². The highest BCUT2D eigenvalue weighted by atomic mass is 16.2. The van der Waals surface area contributed by atoms with Crippen LogP contribution < -0.4 is 0 Å². The molecular formula is C18H20N4O. The number of H-pyrrole nitrogens is 1.